The van der Waals surface area contributed by atoms with Gasteiger partial charge in [0.15, 0.2) is 22.9 Å². The Labute approximate surface area is 203 Å². The number of thioether (sulfide) groups is 1. The molecule has 0 unspecified atom stereocenters. The normalized spacial score (nSPS) is 26.5. The summed E-state index contributed by atoms with van der Waals surface area (Å²) in [5, 5.41) is 10.2. The number of aromatic nitrogens is 3. The van der Waals surface area contributed by atoms with E-state index in [4.69, 9.17) is 14.2 Å². The van der Waals surface area contributed by atoms with Gasteiger partial charge in [0.2, 0.25) is 5.82 Å². The van der Waals surface area contributed by atoms with Crippen molar-refractivity contribution in [3.63, 3.8) is 0 Å². The molecule has 0 N–H and O–H groups in total. The second-order valence-corrected chi connectivity index (χ2v) is 10.6. The van der Waals surface area contributed by atoms with Gasteiger partial charge in [0, 0.05) is 36.5 Å². The van der Waals surface area contributed by atoms with Crippen molar-refractivity contribution in [1.29, 1.82) is 5.26 Å². The predicted molar refractivity (Wildman–Crippen MR) is 128 cm³/mol. The molecule has 12 heteroatoms. The number of ether oxygens (including phenoxy) is 3. The first kappa shape index (κ1) is 23.4. The van der Waals surface area contributed by atoms with Crippen molar-refractivity contribution in [2.45, 2.75) is 51.1 Å². The zero-order valence-corrected chi connectivity index (χ0v) is 21.2. The topological polar surface area (TPSA) is 115 Å². The highest BCUT2D eigenvalue weighted by molar-refractivity contribution is 14.1. The molecule has 0 radical (unpaired) electrons. The molecule has 0 aromatic carbocycles. The monoisotopic (exact) mass is 570 g/mol. The van der Waals surface area contributed by atoms with Crippen LogP contribution in [-0.4, -0.2) is 74.8 Å². The summed E-state index contributed by atoms with van der Waals surface area (Å²) in [4.78, 5) is 26.5. The Morgan fingerprint density at radius 2 is 2.12 bits per heavy atom. The summed E-state index contributed by atoms with van der Waals surface area (Å²) in [6.07, 6.45) is 1.91. The highest BCUT2D eigenvalue weighted by atomic mass is 127. The second kappa shape index (κ2) is 8.86. The summed E-state index contributed by atoms with van der Waals surface area (Å²) >= 11 is 3.40. The Balaban J connectivity index is 1.79. The Morgan fingerprint density at radius 1 is 1.41 bits per heavy atom. The Bertz CT molecular complexity index is 1130. The average molecular weight is 570 g/mol. The van der Waals surface area contributed by atoms with Crippen LogP contribution >= 0.6 is 34.4 Å². The number of hydrogen-bond acceptors (Lipinski definition) is 9. The zero-order valence-electron chi connectivity index (χ0n) is 18.3. The highest BCUT2D eigenvalue weighted by Gasteiger charge is 2.56. The van der Waals surface area contributed by atoms with Gasteiger partial charge in [0.1, 0.15) is 23.9 Å². The van der Waals surface area contributed by atoms with E-state index in [-0.39, 0.29) is 23.1 Å². The number of aliphatic imine (C=N–C) groups is 1. The molecule has 2 aliphatic rings. The number of carbonyl (C=O) groups excluding carboxylic acids is 1. The number of hydrogen-bond donors (Lipinski definition) is 0. The minimum absolute atomic E-state index is 0.0151. The summed E-state index contributed by atoms with van der Waals surface area (Å²) in [6.45, 7) is 5.25. The zero-order chi connectivity index (χ0) is 23.2. The average Bonchev–Trinajstić information content (AvgIpc) is 3.32. The van der Waals surface area contributed by atoms with Gasteiger partial charge in [0.05, 0.1) is 17.8 Å². The van der Waals surface area contributed by atoms with Crippen LogP contribution in [0.2, 0.25) is 0 Å². The second-order valence-electron chi connectivity index (χ2n) is 8.21. The lowest BCUT2D eigenvalue weighted by Gasteiger charge is -2.24. The quantitative estimate of drug-likeness (QED) is 0.304. The van der Waals surface area contributed by atoms with Gasteiger partial charge < -0.3 is 23.7 Å². The van der Waals surface area contributed by atoms with Crippen molar-refractivity contribution in [2.24, 2.45) is 4.99 Å². The van der Waals surface area contributed by atoms with E-state index in [9.17, 15) is 10.1 Å². The van der Waals surface area contributed by atoms with Gasteiger partial charge in [-0.3, -0.25) is 4.79 Å². The van der Waals surface area contributed by atoms with Gasteiger partial charge in [0.25, 0.3) is 0 Å². The van der Waals surface area contributed by atoms with Gasteiger partial charge in [-0.05, 0) is 36.4 Å². The van der Waals surface area contributed by atoms with Gasteiger partial charge in [-0.25, -0.2) is 9.98 Å². The van der Waals surface area contributed by atoms with Crippen molar-refractivity contribution in [3.8, 4) is 6.07 Å². The first-order chi connectivity index (χ1) is 15.1. The van der Waals surface area contributed by atoms with E-state index in [1.54, 1.807) is 11.2 Å². The number of nitrogens with zero attached hydrogens (tertiary/aromatic N) is 6. The van der Waals surface area contributed by atoms with Gasteiger partial charge in [-0.15, -0.1) is 0 Å². The number of rotatable bonds is 5. The summed E-state index contributed by atoms with van der Waals surface area (Å²) in [7, 11) is 3.71. The fraction of sp³-hybridized carbons (Fsp3) is 0.550. The molecule has 2 aliphatic heterocycles. The van der Waals surface area contributed by atoms with E-state index in [0.29, 0.717) is 17.2 Å². The van der Waals surface area contributed by atoms with E-state index in [2.05, 4.69) is 37.6 Å². The summed E-state index contributed by atoms with van der Waals surface area (Å²) < 4.78 is 21.4. The van der Waals surface area contributed by atoms with Crippen LogP contribution in [0.25, 0.3) is 11.0 Å². The molecule has 0 saturated carbocycles. The number of halogens is 1. The lowest BCUT2D eigenvalue weighted by molar-refractivity contribution is -0.193. The van der Waals surface area contributed by atoms with Crippen LogP contribution in [0.4, 0.5) is 5.82 Å². The van der Waals surface area contributed by atoms with E-state index < -0.39 is 18.1 Å². The van der Waals surface area contributed by atoms with Crippen molar-refractivity contribution in [2.75, 3.05) is 19.8 Å². The largest absolute Gasteiger partial charge is 0.369 e. The van der Waals surface area contributed by atoms with Gasteiger partial charge in [-0.2, -0.15) is 10.2 Å². The maximum Gasteiger partial charge on any atom is 0.236 e. The van der Waals surface area contributed by atoms with Crippen LogP contribution in [-0.2, 0) is 19.0 Å². The van der Waals surface area contributed by atoms with Crippen LogP contribution in [0.15, 0.2) is 11.2 Å². The molecule has 0 bridgehead atoms. The number of fused-ring (bicyclic) bond motifs is 2. The van der Waals surface area contributed by atoms with Crippen LogP contribution in [0.1, 0.15) is 32.8 Å². The SMILES string of the molecule is CC(=O)SC[C@H]1O[C@@H](n2cc(I)c3c(N=CN(C)C)nc(C#N)nc32)[C@@H]2OC(C)(C)O[C@@H]21. The standard InChI is InChI=1S/C20H23IN6O4S/c1-10(28)32-8-12-15-16(31-20(2,3)30-15)19(29-12)27-7-11(21)14-17(23-9-26(4)5)24-13(6-22)25-18(14)27/h7,9,12,15-16,19H,8H2,1-5H3/t12-,15-,16-,19-/m1/s1. The number of nitriles is 1. The molecule has 2 aromatic rings. The molecule has 0 aliphatic carbocycles. The van der Waals surface area contributed by atoms with Crippen LogP contribution in [0.3, 0.4) is 0 Å². The minimum atomic E-state index is -0.777. The molecule has 0 spiro atoms. The summed E-state index contributed by atoms with van der Waals surface area (Å²) in [5.41, 5.74) is 0.531. The van der Waals surface area contributed by atoms with Crippen molar-refractivity contribution < 1.29 is 19.0 Å². The molecule has 4 rings (SSSR count). The lowest BCUT2D eigenvalue weighted by atomic mass is 10.1. The van der Waals surface area contributed by atoms with Crippen molar-refractivity contribution in [3.05, 3.63) is 15.6 Å². The smallest absolute Gasteiger partial charge is 0.236 e. The Kier molecular flexibility index (Phi) is 6.47. The fourth-order valence-electron chi connectivity index (χ4n) is 3.81. The van der Waals surface area contributed by atoms with Crippen molar-refractivity contribution >= 4 is 62.7 Å². The Hall–Kier alpha value is -1.79. The van der Waals surface area contributed by atoms with Crippen molar-refractivity contribution in [1.82, 2.24) is 19.4 Å². The third kappa shape index (κ3) is 4.49. The van der Waals surface area contributed by atoms with E-state index in [0.717, 1.165) is 8.96 Å². The first-order valence-corrected chi connectivity index (χ1v) is 12.0. The third-order valence-corrected chi connectivity index (χ3v) is 6.69. The van der Waals surface area contributed by atoms with Crippen LogP contribution < -0.4 is 0 Å². The van der Waals surface area contributed by atoms with E-state index in [1.807, 2.05) is 44.8 Å². The van der Waals surface area contributed by atoms with E-state index in [1.165, 1.54) is 18.7 Å². The maximum absolute atomic E-state index is 11.5. The molecule has 4 heterocycles. The fourth-order valence-corrected chi connectivity index (χ4v) is 5.26. The van der Waals surface area contributed by atoms with E-state index >= 15 is 0 Å². The molecular formula is C20H23IN6O4S. The summed E-state index contributed by atoms with van der Waals surface area (Å²) in [5.74, 6) is 0.104. The molecule has 170 valence electrons. The summed E-state index contributed by atoms with van der Waals surface area (Å²) in [6, 6.07) is 2.01. The highest BCUT2D eigenvalue weighted by Crippen LogP contribution is 2.45. The molecule has 2 fully saturated rings. The molecular weight excluding hydrogens is 547 g/mol. The molecule has 4 atom stereocenters. The lowest BCUT2D eigenvalue weighted by Crippen LogP contribution is -2.31. The molecule has 32 heavy (non-hydrogen) atoms. The van der Waals surface area contributed by atoms with Gasteiger partial charge >= 0.3 is 0 Å². The number of carbonyl (C=O) groups is 1. The molecule has 10 nitrogen and oxygen atoms in total. The van der Waals surface area contributed by atoms with Crippen LogP contribution in [0.5, 0.6) is 0 Å². The molecule has 0 amide bonds. The van der Waals surface area contributed by atoms with Gasteiger partial charge in [-0.1, -0.05) is 11.8 Å². The Morgan fingerprint density at radius 3 is 2.78 bits per heavy atom. The molecule has 2 aromatic heterocycles. The van der Waals surface area contributed by atoms with Crippen LogP contribution in [0, 0.1) is 14.9 Å². The minimum Gasteiger partial charge on any atom is -0.369 e. The maximum atomic E-state index is 11.5. The molecule has 2 saturated heterocycles. The predicted octanol–water partition coefficient (Wildman–Crippen LogP) is 2.83. The first-order valence-electron chi connectivity index (χ1n) is 9.93. The third-order valence-electron chi connectivity index (χ3n) is 4.97.